The third kappa shape index (κ3) is 3.47. The van der Waals surface area contributed by atoms with Crippen LogP contribution in [0.4, 0.5) is 0 Å². The van der Waals surface area contributed by atoms with Crippen LogP contribution in [0.3, 0.4) is 0 Å². The maximum absolute atomic E-state index is 8.77. The SMILES string of the molecule is OCCC#Cc1ccsc1COc1ccc2c(c1)CCC2. The number of rotatable bonds is 4. The first-order chi connectivity index (χ1) is 10.4. The van der Waals surface area contributed by atoms with Crippen molar-refractivity contribution in [2.24, 2.45) is 0 Å². The minimum absolute atomic E-state index is 0.109. The van der Waals surface area contributed by atoms with Gasteiger partial charge in [-0.15, -0.1) is 11.3 Å². The molecular formula is C18H18O2S. The molecule has 0 saturated carbocycles. The zero-order valence-electron chi connectivity index (χ0n) is 11.9. The molecule has 21 heavy (non-hydrogen) atoms. The first-order valence-corrected chi connectivity index (χ1v) is 8.15. The quantitative estimate of drug-likeness (QED) is 0.875. The second-order valence-electron chi connectivity index (χ2n) is 5.11. The van der Waals surface area contributed by atoms with Crippen LogP contribution in [-0.4, -0.2) is 11.7 Å². The van der Waals surface area contributed by atoms with Gasteiger partial charge < -0.3 is 9.84 Å². The molecule has 108 valence electrons. The molecule has 0 unspecified atom stereocenters. The van der Waals surface area contributed by atoms with Gasteiger partial charge in [0.05, 0.1) is 11.5 Å². The van der Waals surface area contributed by atoms with Crippen molar-refractivity contribution in [1.82, 2.24) is 0 Å². The van der Waals surface area contributed by atoms with Crippen molar-refractivity contribution >= 4 is 11.3 Å². The fraction of sp³-hybridized carbons (Fsp3) is 0.333. The Morgan fingerprint density at radius 1 is 1.19 bits per heavy atom. The monoisotopic (exact) mass is 298 g/mol. The molecule has 1 aliphatic rings. The molecule has 1 aliphatic carbocycles. The fourth-order valence-electron chi connectivity index (χ4n) is 2.56. The minimum Gasteiger partial charge on any atom is -0.488 e. The van der Waals surface area contributed by atoms with Crippen LogP contribution in [0, 0.1) is 11.8 Å². The summed E-state index contributed by atoms with van der Waals surface area (Å²) in [4.78, 5) is 1.14. The van der Waals surface area contributed by atoms with Gasteiger partial charge in [-0.2, -0.15) is 0 Å². The fourth-order valence-corrected chi connectivity index (χ4v) is 3.31. The lowest BCUT2D eigenvalue weighted by Gasteiger charge is -2.07. The van der Waals surface area contributed by atoms with E-state index in [9.17, 15) is 0 Å². The van der Waals surface area contributed by atoms with Gasteiger partial charge in [0.15, 0.2) is 0 Å². The van der Waals surface area contributed by atoms with Crippen LogP contribution in [-0.2, 0) is 19.4 Å². The highest BCUT2D eigenvalue weighted by molar-refractivity contribution is 7.10. The highest BCUT2D eigenvalue weighted by Crippen LogP contribution is 2.27. The molecule has 0 fully saturated rings. The van der Waals surface area contributed by atoms with Crippen LogP contribution in [0.25, 0.3) is 0 Å². The van der Waals surface area contributed by atoms with Crippen molar-refractivity contribution in [2.75, 3.05) is 6.61 Å². The van der Waals surface area contributed by atoms with Gasteiger partial charge in [-0.25, -0.2) is 0 Å². The maximum atomic E-state index is 8.77. The molecule has 0 amide bonds. The average Bonchev–Trinajstić information content (AvgIpc) is 3.13. The molecule has 0 saturated heterocycles. The van der Waals surface area contributed by atoms with Crippen LogP contribution in [0.2, 0.25) is 0 Å². The number of ether oxygens (including phenoxy) is 1. The molecule has 0 bridgehead atoms. The van der Waals surface area contributed by atoms with E-state index in [0.29, 0.717) is 13.0 Å². The van der Waals surface area contributed by atoms with Crippen LogP contribution in [0.15, 0.2) is 29.6 Å². The van der Waals surface area contributed by atoms with Crippen molar-refractivity contribution in [3.8, 4) is 17.6 Å². The second-order valence-corrected chi connectivity index (χ2v) is 6.11. The zero-order valence-corrected chi connectivity index (χ0v) is 12.7. The summed E-state index contributed by atoms with van der Waals surface area (Å²) >= 11 is 1.66. The Kier molecular flexibility index (Phi) is 4.59. The summed E-state index contributed by atoms with van der Waals surface area (Å²) in [7, 11) is 0. The first kappa shape index (κ1) is 14.2. The Morgan fingerprint density at radius 2 is 2.10 bits per heavy atom. The van der Waals surface area contributed by atoms with E-state index in [0.717, 1.165) is 16.2 Å². The van der Waals surface area contributed by atoms with Gasteiger partial charge in [-0.3, -0.25) is 0 Å². The van der Waals surface area contributed by atoms with E-state index in [4.69, 9.17) is 9.84 Å². The summed E-state index contributed by atoms with van der Waals surface area (Å²) < 4.78 is 5.92. The van der Waals surface area contributed by atoms with Gasteiger partial charge in [-0.1, -0.05) is 17.9 Å². The van der Waals surface area contributed by atoms with E-state index < -0.39 is 0 Å². The van der Waals surface area contributed by atoms with Crippen molar-refractivity contribution in [3.05, 3.63) is 51.2 Å². The Balaban J connectivity index is 1.66. The lowest BCUT2D eigenvalue weighted by atomic mass is 10.1. The largest absolute Gasteiger partial charge is 0.488 e. The third-order valence-corrected chi connectivity index (χ3v) is 4.54. The molecule has 1 aromatic carbocycles. The lowest BCUT2D eigenvalue weighted by molar-refractivity contribution is 0.305. The van der Waals surface area contributed by atoms with Gasteiger partial charge in [0.1, 0.15) is 12.4 Å². The van der Waals surface area contributed by atoms with Gasteiger partial charge in [0.25, 0.3) is 0 Å². The van der Waals surface area contributed by atoms with Crippen molar-refractivity contribution in [2.45, 2.75) is 32.3 Å². The number of benzene rings is 1. The van der Waals surface area contributed by atoms with Gasteiger partial charge >= 0.3 is 0 Å². The maximum Gasteiger partial charge on any atom is 0.124 e. The molecule has 0 aliphatic heterocycles. The summed E-state index contributed by atoms with van der Waals surface area (Å²) in [6, 6.07) is 8.44. The Labute approximate surface area is 129 Å². The first-order valence-electron chi connectivity index (χ1n) is 7.27. The molecule has 3 rings (SSSR count). The van der Waals surface area contributed by atoms with Crippen LogP contribution in [0.1, 0.15) is 34.4 Å². The Morgan fingerprint density at radius 3 is 3.00 bits per heavy atom. The van der Waals surface area contributed by atoms with E-state index in [2.05, 4.69) is 30.0 Å². The van der Waals surface area contributed by atoms with Crippen LogP contribution in [0.5, 0.6) is 5.75 Å². The smallest absolute Gasteiger partial charge is 0.124 e. The van der Waals surface area contributed by atoms with Gasteiger partial charge in [0, 0.05) is 12.0 Å². The standard InChI is InChI=1S/C18H18O2S/c19-10-2-1-4-15-9-11-21-18(15)13-20-17-8-7-14-5-3-6-16(14)12-17/h7-9,11-12,19H,2-3,5-6,10,13H2. The molecule has 1 aromatic heterocycles. The number of hydrogen-bond donors (Lipinski definition) is 1. The van der Waals surface area contributed by atoms with Crippen molar-refractivity contribution < 1.29 is 9.84 Å². The summed E-state index contributed by atoms with van der Waals surface area (Å²) in [5.74, 6) is 7.00. The van der Waals surface area contributed by atoms with Gasteiger partial charge in [-0.05, 0) is 54.0 Å². The van der Waals surface area contributed by atoms with Crippen LogP contribution >= 0.6 is 11.3 Å². The number of aliphatic hydroxyl groups excluding tert-OH is 1. The average molecular weight is 298 g/mol. The topological polar surface area (TPSA) is 29.5 Å². The van der Waals surface area contributed by atoms with Crippen LogP contribution < -0.4 is 4.74 Å². The lowest BCUT2D eigenvalue weighted by Crippen LogP contribution is -1.96. The van der Waals surface area contributed by atoms with Gasteiger partial charge in [0.2, 0.25) is 0 Å². The normalized spacial score (nSPS) is 12.6. The Hall–Kier alpha value is -1.76. The molecule has 3 heteroatoms. The highest BCUT2D eigenvalue weighted by Gasteiger charge is 2.11. The predicted molar refractivity (Wildman–Crippen MR) is 85.7 cm³/mol. The molecule has 1 heterocycles. The number of aliphatic hydroxyl groups is 1. The molecule has 0 radical (unpaired) electrons. The molecule has 0 spiro atoms. The molecule has 2 nitrogen and oxygen atoms in total. The van der Waals surface area contributed by atoms with Crippen molar-refractivity contribution in [1.29, 1.82) is 0 Å². The van der Waals surface area contributed by atoms with E-state index >= 15 is 0 Å². The van der Waals surface area contributed by atoms with Crippen molar-refractivity contribution in [3.63, 3.8) is 0 Å². The number of aryl methyl sites for hydroxylation is 2. The zero-order chi connectivity index (χ0) is 14.5. The molecule has 2 aromatic rings. The molecular weight excluding hydrogens is 280 g/mol. The number of thiophene rings is 1. The summed E-state index contributed by atoms with van der Waals surface area (Å²) in [6.45, 7) is 0.664. The Bertz CT molecular complexity index is 676. The highest BCUT2D eigenvalue weighted by atomic mass is 32.1. The summed E-state index contributed by atoms with van der Waals surface area (Å²) in [5.41, 5.74) is 3.91. The number of fused-ring (bicyclic) bond motifs is 1. The molecule has 0 atom stereocenters. The van der Waals surface area contributed by atoms with E-state index in [1.165, 1.54) is 30.4 Å². The molecule has 1 N–H and O–H groups in total. The minimum atomic E-state index is 0.109. The second kappa shape index (κ2) is 6.80. The number of hydrogen-bond acceptors (Lipinski definition) is 3. The van der Waals surface area contributed by atoms with E-state index in [1.807, 2.05) is 11.4 Å². The summed E-state index contributed by atoms with van der Waals surface area (Å²) in [6.07, 6.45) is 4.14. The van der Waals surface area contributed by atoms with E-state index in [-0.39, 0.29) is 6.61 Å². The summed E-state index contributed by atoms with van der Waals surface area (Å²) in [5, 5.41) is 10.8. The third-order valence-electron chi connectivity index (χ3n) is 3.65. The van der Waals surface area contributed by atoms with E-state index in [1.54, 1.807) is 11.3 Å². The predicted octanol–water partition coefficient (Wildman–Crippen LogP) is 3.55.